The maximum atomic E-state index is 11.7. The van der Waals surface area contributed by atoms with E-state index in [9.17, 15) is 13.5 Å². The first kappa shape index (κ1) is 13.5. The molecule has 16 heavy (non-hydrogen) atoms. The van der Waals surface area contributed by atoms with Crippen LogP contribution in [0, 0.1) is 0 Å². The number of aliphatic hydroxyl groups is 1. The predicted octanol–water partition coefficient (Wildman–Crippen LogP) is -0.198. The van der Waals surface area contributed by atoms with E-state index < -0.39 is 15.6 Å². The number of rotatable bonds is 6. The Morgan fingerprint density at radius 1 is 1.69 bits per heavy atom. The second-order valence-corrected chi connectivity index (χ2v) is 6.32. The lowest BCUT2D eigenvalue weighted by Crippen LogP contribution is -2.42. The summed E-state index contributed by atoms with van der Waals surface area (Å²) in [6.07, 6.45) is 4.34. The van der Waals surface area contributed by atoms with Gasteiger partial charge in [-0.1, -0.05) is 0 Å². The van der Waals surface area contributed by atoms with Gasteiger partial charge < -0.3 is 5.11 Å². The largest absolute Gasteiger partial charge is 0.388 e. The Balaban J connectivity index is 2.62. The maximum absolute atomic E-state index is 11.7. The molecule has 0 aliphatic rings. The van der Waals surface area contributed by atoms with Gasteiger partial charge in [-0.3, -0.25) is 5.10 Å². The molecular formula is C8H15N3O3S2. The summed E-state index contributed by atoms with van der Waals surface area (Å²) in [5.74, 6) is 0.459. The van der Waals surface area contributed by atoms with Gasteiger partial charge in [0.25, 0.3) is 0 Å². The summed E-state index contributed by atoms with van der Waals surface area (Å²) >= 11 is 1.45. The summed E-state index contributed by atoms with van der Waals surface area (Å²) in [7, 11) is -3.58. The van der Waals surface area contributed by atoms with Crippen molar-refractivity contribution >= 4 is 21.8 Å². The molecule has 6 nitrogen and oxygen atoms in total. The SMILES string of the molecule is CSCC(C)(O)CNS(=O)(=O)c1cn[nH]c1. The molecule has 0 aliphatic heterocycles. The van der Waals surface area contributed by atoms with Gasteiger partial charge >= 0.3 is 0 Å². The molecule has 0 aromatic carbocycles. The Morgan fingerprint density at radius 3 is 2.88 bits per heavy atom. The van der Waals surface area contributed by atoms with Crippen molar-refractivity contribution in [1.82, 2.24) is 14.9 Å². The highest BCUT2D eigenvalue weighted by Crippen LogP contribution is 2.11. The molecule has 0 saturated carbocycles. The molecule has 1 atom stereocenters. The van der Waals surface area contributed by atoms with Crippen molar-refractivity contribution in [2.45, 2.75) is 17.4 Å². The fourth-order valence-electron chi connectivity index (χ4n) is 1.08. The lowest BCUT2D eigenvalue weighted by Gasteiger charge is -2.22. The van der Waals surface area contributed by atoms with E-state index in [0.717, 1.165) is 0 Å². The number of hydrogen-bond donors (Lipinski definition) is 3. The summed E-state index contributed by atoms with van der Waals surface area (Å²) in [6.45, 7) is 1.56. The Labute approximate surface area is 98.9 Å². The Hall–Kier alpha value is -0.570. The first-order chi connectivity index (χ1) is 7.37. The van der Waals surface area contributed by atoms with Gasteiger partial charge in [0.15, 0.2) is 0 Å². The van der Waals surface area contributed by atoms with E-state index in [1.54, 1.807) is 6.92 Å². The normalized spacial score (nSPS) is 15.9. The molecule has 0 amide bonds. The summed E-state index contributed by atoms with van der Waals surface area (Å²) in [5, 5.41) is 15.8. The second kappa shape index (κ2) is 5.17. The van der Waals surface area contributed by atoms with Crippen molar-refractivity contribution in [2.75, 3.05) is 18.6 Å². The highest BCUT2D eigenvalue weighted by atomic mass is 32.2. The number of aromatic amines is 1. The van der Waals surface area contributed by atoms with E-state index in [1.807, 2.05) is 6.26 Å². The molecule has 0 aliphatic carbocycles. The van der Waals surface area contributed by atoms with Crippen molar-refractivity contribution < 1.29 is 13.5 Å². The molecule has 1 aromatic rings. The van der Waals surface area contributed by atoms with Crippen molar-refractivity contribution in [2.24, 2.45) is 0 Å². The van der Waals surface area contributed by atoms with Crippen LogP contribution >= 0.6 is 11.8 Å². The van der Waals surface area contributed by atoms with Crippen LogP contribution in [0.25, 0.3) is 0 Å². The van der Waals surface area contributed by atoms with Crippen LogP contribution in [0.1, 0.15) is 6.92 Å². The number of hydrogen-bond acceptors (Lipinski definition) is 5. The second-order valence-electron chi connectivity index (χ2n) is 3.69. The van der Waals surface area contributed by atoms with Crippen LogP contribution in [0.4, 0.5) is 0 Å². The number of nitrogens with one attached hydrogen (secondary N) is 2. The van der Waals surface area contributed by atoms with Crippen LogP contribution in [0.2, 0.25) is 0 Å². The van der Waals surface area contributed by atoms with Gasteiger partial charge in [0.05, 0.1) is 11.8 Å². The molecule has 1 rings (SSSR count). The summed E-state index contributed by atoms with van der Waals surface area (Å²) < 4.78 is 25.6. The van der Waals surface area contributed by atoms with Gasteiger partial charge in [0, 0.05) is 18.5 Å². The number of aromatic nitrogens is 2. The zero-order chi connectivity index (χ0) is 12.2. The minimum absolute atomic E-state index is 0.0264. The minimum atomic E-state index is -3.58. The molecule has 3 N–H and O–H groups in total. The van der Waals surface area contributed by atoms with Crippen LogP contribution < -0.4 is 4.72 Å². The van der Waals surface area contributed by atoms with Crippen LogP contribution in [0.5, 0.6) is 0 Å². The summed E-state index contributed by atoms with van der Waals surface area (Å²) in [4.78, 5) is 0.0625. The number of H-pyrrole nitrogens is 1. The van der Waals surface area contributed by atoms with E-state index in [4.69, 9.17) is 0 Å². The van der Waals surface area contributed by atoms with Crippen molar-refractivity contribution in [1.29, 1.82) is 0 Å². The lowest BCUT2D eigenvalue weighted by atomic mass is 10.1. The Morgan fingerprint density at radius 2 is 2.38 bits per heavy atom. The summed E-state index contributed by atoms with van der Waals surface area (Å²) in [6, 6.07) is 0. The van der Waals surface area contributed by atoms with E-state index in [2.05, 4.69) is 14.9 Å². The third-order valence-corrected chi connectivity index (χ3v) is 4.16. The molecule has 0 bridgehead atoms. The molecule has 1 heterocycles. The van der Waals surface area contributed by atoms with Crippen molar-refractivity contribution in [3.63, 3.8) is 0 Å². The predicted molar refractivity (Wildman–Crippen MR) is 62.8 cm³/mol. The van der Waals surface area contributed by atoms with Crippen LogP contribution in [0.15, 0.2) is 17.3 Å². The molecule has 92 valence electrons. The molecular weight excluding hydrogens is 250 g/mol. The van der Waals surface area contributed by atoms with Gasteiger partial charge in [-0.15, -0.1) is 0 Å². The fraction of sp³-hybridized carbons (Fsp3) is 0.625. The molecule has 8 heteroatoms. The van der Waals surface area contributed by atoms with Gasteiger partial charge in [0.1, 0.15) is 4.90 Å². The number of thioether (sulfide) groups is 1. The van der Waals surface area contributed by atoms with E-state index in [-0.39, 0.29) is 11.4 Å². The monoisotopic (exact) mass is 265 g/mol. The lowest BCUT2D eigenvalue weighted by molar-refractivity contribution is 0.0908. The zero-order valence-electron chi connectivity index (χ0n) is 9.10. The topological polar surface area (TPSA) is 95.1 Å². The van der Waals surface area contributed by atoms with Crippen molar-refractivity contribution in [3.05, 3.63) is 12.4 Å². The Kier molecular flexibility index (Phi) is 4.36. The van der Waals surface area contributed by atoms with Crippen LogP contribution in [-0.2, 0) is 10.0 Å². The van der Waals surface area contributed by atoms with Crippen molar-refractivity contribution in [3.8, 4) is 0 Å². The highest BCUT2D eigenvalue weighted by molar-refractivity contribution is 7.98. The zero-order valence-corrected chi connectivity index (χ0v) is 10.7. The first-order valence-corrected chi connectivity index (χ1v) is 7.45. The molecule has 0 fully saturated rings. The average Bonchev–Trinajstić information content (AvgIpc) is 2.68. The van der Waals surface area contributed by atoms with E-state index >= 15 is 0 Å². The fourth-order valence-corrected chi connectivity index (χ4v) is 2.87. The molecule has 0 radical (unpaired) electrons. The van der Waals surface area contributed by atoms with E-state index in [1.165, 1.54) is 24.2 Å². The summed E-state index contributed by atoms with van der Waals surface area (Å²) in [5.41, 5.74) is -1.06. The van der Waals surface area contributed by atoms with E-state index in [0.29, 0.717) is 5.75 Å². The average molecular weight is 265 g/mol. The standard InChI is InChI=1S/C8H15N3O3S2/c1-8(12,6-15-2)5-11-16(13,14)7-3-9-10-4-7/h3-4,11-12H,5-6H2,1-2H3,(H,9,10). The quantitative estimate of drug-likeness (QED) is 0.662. The van der Waals surface area contributed by atoms with Gasteiger partial charge in [-0.25, -0.2) is 13.1 Å². The van der Waals surface area contributed by atoms with Gasteiger partial charge in [-0.2, -0.15) is 16.9 Å². The minimum Gasteiger partial charge on any atom is -0.388 e. The van der Waals surface area contributed by atoms with Crippen LogP contribution in [-0.4, -0.2) is 47.9 Å². The third-order valence-electron chi connectivity index (χ3n) is 1.88. The smallest absolute Gasteiger partial charge is 0.243 e. The molecule has 1 unspecified atom stereocenters. The van der Waals surface area contributed by atoms with Crippen LogP contribution in [0.3, 0.4) is 0 Å². The Bertz CT molecular complexity index is 414. The third kappa shape index (κ3) is 3.78. The molecule has 1 aromatic heterocycles. The number of nitrogens with zero attached hydrogens (tertiary/aromatic N) is 1. The maximum Gasteiger partial charge on any atom is 0.243 e. The number of sulfonamides is 1. The van der Waals surface area contributed by atoms with Gasteiger partial charge in [-0.05, 0) is 13.2 Å². The van der Waals surface area contributed by atoms with Gasteiger partial charge in [0.2, 0.25) is 10.0 Å². The molecule has 0 spiro atoms. The highest BCUT2D eigenvalue weighted by Gasteiger charge is 2.24. The molecule has 0 saturated heterocycles. The first-order valence-electron chi connectivity index (χ1n) is 4.57.